The summed E-state index contributed by atoms with van der Waals surface area (Å²) in [4.78, 5) is 32.2. The van der Waals surface area contributed by atoms with Crippen molar-refractivity contribution >= 4 is 17.7 Å². The number of nitrogens with two attached hydrogens (primary N) is 1. The molecule has 2 atom stereocenters. The second-order valence-electron chi connectivity index (χ2n) is 12.3. The molecule has 0 spiro atoms. The Bertz CT molecular complexity index is 1180. The number of carbonyl (C=O) groups is 2. The number of rotatable bonds is 7. The summed E-state index contributed by atoms with van der Waals surface area (Å²) in [6, 6.07) is 12.9. The van der Waals surface area contributed by atoms with Crippen LogP contribution in [0.25, 0.3) is 0 Å². The Balaban J connectivity index is 1.49. The topological polar surface area (TPSA) is 79.1 Å². The van der Waals surface area contributed by atoms with Crippen molar-refractivity contribution in [3.8, 4) is 0 Å². The van der Waals surface area contributed by atoms with Crippen LogP contribution in [-0.2, 0) is 21.4 Å². The van der Waals surface area contributed by atoms with E-state index in [1.807, 2.05) is 32.6 Å². The normalized spacial score (nSPS) is 21.7. The molecular formula is C31H43FN4O3. The molecule has 0 aliphatic carbocycles. The van der Waals surface area contributed by atoms with Gasteiger partial charge >= 0.3 is 6.09 Å². The van der Waals surface area contributed by atoms with Gasteiger partial charge in [-0.15, -0.1) is 0 Å². The maximum Gasteiger partial charge on any atom is 0.410 e. The molecule has 0 radical (unpaired) electrons. The minimum Gasteiger partial charge on any atom is -0.444 e. The van der Waals surface area contributed by atoms with Crippen molar-refractivity contribution in [2.45, 2.75) is 70.9 Å². The van der Waals surface area contributed by atoms with Gasteiger partial charge in [-0.3, -0.25) is 9.69 Å². The molecule has 1 saturated heterocycles. The predicted octanol–water partition coefficient (Wildman–Crippen LogP) is 4.70. The number of halogens is 1. The second kappa shape index (κ2) is 11.6. The first kappa shape index (κ1) is 29.0. The van der Waals surface area contributed by atoms with Gasteiger partial charge in [0.25, 0.3) is 0 Å². The first-order valence-electron chi connectivity index (χ1n) is 14.0. The van der Waals surface area contributed by atoms with Crippen molar-refractivity contribution in [3.63, 3.8) is 0 Å². The summed E-state index contributed by atoms with van der Waals surface area (Å²) in [5.41, 5.74) is 9.39. The number of fused-ring (bicyclic) bond motifs is 1. The van der Waals surface area contributed by atoms with E-state index in [-0.39, 0.29) is 29.3 Å². The summed E-state index contributed by atoms with van der Waals surface area (Å²) in [5.74, 6) is -0.189. The number of benzene rings is 2. The third-order valence-corrected chi connectivity index (χ3v) is 7.76. The van der Waals surface area contributed by atoms with Gasteiger partial charge in [-0.1, -0.05) is 31.2 Å². The summed E-state index contributed by atoms with van der Waals surface area (Å²) in [6.45, 7) is 13.1. The quantitative estimate of drug-likeness (QED) is 0.553. The average molecular weight is 539 g/mol. The Morgan fingerprint density at radius 1 is 1.10 bits per heavy atom. The third kappa shape index (κ3) is 6.97. The number of carbonyl (C=O) groups excluding carboxylic acids is 2. The smallest absolute Gasteiger partial charge is 0.410 e. The molecule has 1 fully saturated rings. The third-order valence-electron chi connectivity index (χ3n) is 7.76. The maximum absolute atomic E-state index is 13.8. The minimum absolute atomic E-state index is 0.0515. The number of ether oxygens (including phenoxy) is 1. The number of nitrogens with zero attached hydrogens (tertiary/aromatic N) is 3. The van der Waals surface area contributed by atoms with Crippen molar-refractivity contribution in [2.24, 2.45) is 5.73 Å². The van der Waals surface area contributed by atoms with Crippen LogP contribution in [0.1, 0.15) is 64.2 Å². The lowest BCUT2D eigenvalue weighted by Gasteiger charge is -2.40. The van der Waals surface area contributed by atoms with Gasteiger partial charge in [0.05, 0.1) is 6.54 Å². The van der Waals surface area contributed by atoms with Gasteiger partial charge in [0.1, 0.15) is 11.4 Å². The fourth-order valence-electron chi connectivity index (χ4n) is 5.75. The van der Waals surface area contributed by atoms with E-state index in [2.05, 4.69) is 30.0 Å². The van der Waals surface area contributed by atoms with Gasteiger partial charge in [0, 0.05) is 43.3 Å². The monoisotopic (exact) mass is 538 g/mol. The van der Waals surface area contributed by atoms with Gasteiger partial charge < -0.3 is 20.3 Å². The van der Waals surface area contributed by atoms with Crippen LogP contribution in [-0.4, -0.2) is 72.7 Å². The molecular weight excluding hydrogens is 495 g/mol. The number of hydrogen-bond acceptors (Lipinski definition) is 5. The lowest BCUT2D eigenvalue weighted by atomic mass is 9.80. The minimum atomic E-state index is -0.543. The molecule has 7 nitrogen and oxygen atoms in total. The van der Waals surface area contributed by atoms with Crippen molar-refractivity contribution in [1.29, 1.82) is 0 Å². The first-order valence-corrected chi connectivity index (χ1v) is 14.0. The van der Waals surface area contributed by atoms with Crippen LogP contribution in [0, 0.1) is 5.82 Å². The molecule has 8 heteroatoms. The molecule has 2 aromatic carbocycles. The lowest BCUT2D eigenvalue weighted by molar-refractivity contribution is -0.120. The Labute approximate surface area is 232 Å². The van der Waals surface area contributed by atoms with E-state index in [4.69, 9.17) is 10.5 Å². The largest absolute Gasteiger partial charge is 0.444 e. The SMILES string of the molecule is CC1CN(CC(=O)N2CC(C)(CCCN)c3ccc(Cc4ccc(F)cc4)cc32)CCN1C(=O)OC(C)(C)C. The molecule has 2 aliphatic heterocycles. The highest BCUT2D eigenvalue weighted by molar-refractivity contribution is 5.97. The van der Waals surface area contributed by atoms with Crippen molar-refractivity contribution in [1.82, 2.24) is 9.80 Å². The first-order chi connectivity index (χ1) is 18.4. The van der Waals surface area contributed by atoms with Crippen molar-refractivity contribution < 1.29 is 18.7 Å². The molecule has 0 aromatic heterocycles. The fraction of sp³-hybridized carbons (Fsp3) is 0.548. The van der Waals surface area contributed by atoms with Crippen LogP contribution >= 0.6 is 0 Å². The van der Waals surface area contributed by atoms with E-state index in [1.165, 1.54) is 17.7 Å². The molecule has 212 valence electrons. The second-order valence-corrected chi connectivity index (χ2v) is 12.3. The van der Waals surface area contributed by atoms with Crippen LogP contribution in [0.5, 0.6) is 0 Å². The van der Waals surface area contributed by atoms with Gasteiger partial charge in [0.2, 0.25) is 5.91 Å². The van der Waals surface area contributed by atoms with E-state index in [0.717, 1.165) is 29.7 Å². The van der Waals surface area contributed by atoms with Gasteiger partial charge in [-0.25, -0.2) is 9.18 Å². The van der Waals surface area contributed by atoms with E-state index >= 15 is 0 Å². The standard InChI is InChI=1S/C31H43FN4O3/c1-22-19-34(15-16-35(22)29(38)39-30(2,3)4)20-28(37)36-21-31(5,13-6-14-33)26-12-9-24(18-27(26)36)17-23-7-10-25(32)11-8-23/h7-12,18,22H,6,13-17,19-21,33H2,1-5H3. The van der Waals surface area contributed by atoms with Crippen LogP contribution in [0.4, 0.5) is 14.9 Å². The van der Waals surface area contributed by atoms with Crippen LogP contribution in [0.3, 0.4) is 0 Å². The maximum atomic E-state index is 13.8. The highest BCUT2D eigenvalue weighted by Gasteiger charge is 2.41. The summed E-state index contributed by atoms with van der Waals surface area (Å²) in [5, 5.41) is 0. The molecule has 2 N–H and O–H groups in total. The van der Waals surface area contributed by atoms with Crippen molar-refractivity contribution in [2.75, 3.05) is 44.2 Å². The predicted molar refractivity (Wildman–Crippen MR) is 152 cm³/mol. The molecule has 2 aromatic rings. The summed E-state index contributed by atoms with van der Waals surface area (Å²) in [7, 11) is 0. The number of anilines is 1. The van der Waals surface area contributed by atoms with Gasteiger partial charge in [-0.2, -0.15) is 0 Å². The van der Waals surface area contributed by atoms with E-state index in [9.17, 15) is 14.0 Å². The molecule has 0 bridgehead atoms. The molecule has 2 amide bonds. The number of piperazine rings is 1. The molecule has 4 rings (SSSR count). The van der Waals surface area contributed by atoms with Crippen LogP contribution in [0.15, 0.2) is 42.5 Å². The highest BCUT2D eigenvalue weighted by Crippen LogP contribution is 2.44. The molecule has 39 heavy (non-hydrogen) atoms. The Morgan fingerprint density at radius 2 is 1.79 bits per heavy atom. The Kier molecular flexibility index (Phi) is 8.66. The zero-order valence-corrected chi connectivity index (χ0v) is 24.0. The average Bonchev–Trinajstić information content (AvgIpc) is 3.15. The highest BCUT2D eigenvalue weighted by atomic mass is 19.1. The van der Waals surface area contributed by atoms with Gasteiger partial charge in [-0.05, 0) is 88.4 Å². The number of amides is 2. The summed E-state index contributed by atoms with van der Waals surface area (Å²) >= 11 is 0. The number of hydrogen-bond donors (Lipinski definition) is 1. The summed E-state index contributed by atoms with van der Waals surface area (Å²) < 4.78 is 19.0. The summed E-state index contributed by atoms with van der Waals surface area (Å²) in [6.07, 6.45) is 2.15. The van der Waals surface area contributed by atoms with E-state index in [1.54, 1.807) is 17.0 Å². The Morgan fingerprint density at radius 3 is 2.44 bits per heavy atom. The van der Waals surface area contributed by atoms with E-state index < -0.39 is 5.60 Å². The fourth-order valence-corrected chi connectivity index (χ4v) is 5.75. The lowest BCUT2D eigenvalue weighted by Crippen LogP contribution is -2.56. The zero-order valence-electron chi connectivity index (χ0n) is 24.0. The zero-order chi connectivity index (χ0) is 28.4. The molecule has 2 heterocycles. The van der Waals surface area contributed by atoms with Gasteiger partial charge in [0.15, 0.2) is 0 Å². The molecule has 0 saturated carbocycles. The van der Waals surface area contributed by atoms with Crippen LogP contribution in [0.2, 0.25) is 0 Å². The Hall–Kier alpha value is -2.97. The van der Waals surface area contributed by atoms with E-state index in [0.29, 0.717) is 45.7 Å². The molecule has 2 aliphatic rings. The van der Waals surface area contributed by atoms with Crippen molar-refractivity contribution in [3.05, 3.63) is 65.0 Å². The van der Waals surface area contributed by atoms with Crippen LogP contribution < -0.4 is 10.6 Å². The molecule has 2 unspecified atom stereocenters.